The Morgan fingerprint density at radius 2 is 1.89 bits per heavy atom. The smallest absolute Gasteiger partial charge is 0.254 e. The van der Waals surface area contributed by atoms with Crippen LogP contribution in [0, 0.1) is 13.8 Å². The Morgan fingerprint density at radius 1 is 1.18 bits per heavy atom. The predicted molar refractivity (Wildman–Crippen MR) is 103 cm³/mol. The van der Waals surface area contributed by atoms with Gasteiger partial charge in [-0.3, -0.25) is 14.4 Å². The fourth-order valence-corrected chi connectivity index (χ4v) is 3.61. The zero-order valence-electron chi connectivity index (χ0n) is 16.3. The van der Waals surface area contributed by atoms with E-state index in [9.17, 15) is 14.4 Å². The third kappa shape index (κ3) is 4.13. The van der Waals surface area contributed by atoms with Crippen LogP contribution >= 0.6 is 0 Å². The molecule has 3 rings (SSSR count). The third-order valence-electron chi connectivity index (χ3n) is 5.20. The van der Waals surface area contributed by atoms with E-state index in [-0.39, 0.29) is 23.8 Å². The van der Waals surface area contributed by atoms with Crippen molar-refractivity contribution in [2.24, 2.45) is 5.73 Å². The number of aryl methyl sites for hydroxylation is 2. The van der Waals surface area contributed by atoms with Gasteiger partial charge < -0.3 is 16.0 Å². The number of nitrogens with two attached hydrogens (primary N) is 1. The minimum absolute atomic E-state index is 0.100. The summed E-state index contributed by atoms with van der Waals surface area (Å²) in [7, 11) is 0. The van der Waals surface area contributed by atoms with Crippen molar-refractivity contribution in [2.45, 2.75) is 46.0 Å². The molecule has 0 aliphatic carbocycles. The first-order chi connectivity index (χ1) is 13.4. The summed E-state index contributed by atoms with van der Waals surface area (Å²) in [5.41, 5.74) is 8.54. The van der Waals surface area contributed by atoms with Crippen LogP contribution in [0.15, 0.2) is 6.20 Å². The van der Waals surface area contributed by atoms with Gasteiger partial charge in [-0.05, 0) is 38.7 Å². The van der Waals surface area contributed by atoms with E-state index in [2.05, 4.69) is 15.4 Å². The number of hydrogen-bond acceptors (Lipinski definition) is 5. The number of primary amides is 1. The van der Waals surface area contributed by atoms with Crippen LogP contribution in [-0.4, -0.2) is 56.9 Å². The molecular weight excluding hydrogens is 360 g/mol. The second kappa shape index (κ2) is 8.37. The van der Waals surface area contributed by atoms with Gasteiger partial charge in [0.05, 0.1) is 6.20 Å². The number of nitrogens with one attached hydrogen (secondary N) is 1. The van der Waals surface area contributed by atoms with Gasteiger partial charge in [-0.2, -0.15) is 5.10 Å². The number of likely N-dealkylation sites (tertiary alicyclic amines) is 1. The zero-order valence-corrected chi connectivity index (χ0v) is 16.3. The van der Waals surface area contributed by atoms with Crippen molar-refractivity contribution >= 4 is 23.4 Å². The molecule has 1 aliphatic rings. The number of amides is 3. The molecule has 0 spiro atoms. The average molecular weight is 386 g/mol. The van der Waals surface area contributed by atoms with Gasteiger partial charge in [-0.15, -0.1) is 0 Å². The van der Waals surface area contributed by atoms with Crippen molar-refractivity contribution in [1.29, 1.82) is 0 Å². The fourth-order valence-electron chi connectivity index (χ4n) is 3.61. The van der Waals surface area contributed by atoms with Crippen LogP contribution in [0.4, 0.5) is 0 Å². The highest BCUT2D eigenvalue weighted by molar-refractivity contribution is 5.98. The molecule has 3 amide bonds. The monoisotopic (exact) mass is 386 g/mol. The molecule has 0 atom stereocenters. The van der Waals surface area contributed by atoms with E-state index in [0.717, 1.165) is 42.9 Å². The summed E-state index contributed by atoms with van der Waals surface area (Å²) < 4.78 is 1.58. The predicted octanol–water partition coefficient (Wildman–Crippen LogP) is 0.506. The van der Waals surface area contributed by atoms with Crippen LogP contribution in [-0.2, 0) is 16.0 Å². The van der Waals surface area contributed by atoms with Crippen LogP contribution in [0.25, 0.3) is 5.65 Å². The van der Waals surface area contributed by atoms with Gasteiger partial charge in [0.2, 0.25) is 11.8 Å². The van der Waals surface area contributed by atoms with Gasteiger partial charge in [0.1, 0.15) is 5.56 Å². The maximum absolute atomic E-state index is 12.2. The third-order valence-corrected chi connectivity index (χ3v) is 5.20. The van der Waals surface area contributed by atoms with E-state index in [1.807, 2.05) is 18.7 Å². The Bertz CT molecular complexity index is 914. The summed E-state index contributed by atoms with van der Waals surface area (Å²) in [6.45, 7) is 5.72. The molecule has 3 heterocycles. The van der Waals surface area contributed by atoms with Crippen LogP contribution < -0.4 is 11.1 Å². The highest BCUT2D eigenvalue weighted by atomic mass is 16.2. The van der Waals surface area contributed by atoms with Gasteiger partial charge in [-0.1, -0.05) is 0 Å². The lowest BCUT2D eigenvalue weighted by atomic mass is 10.1. The quantitative estimate of drug-likeness (QED) is 0.718. The minimum atomic E-state index is -0.572. The number of fused-ring (bicyclic) bond motifs is 1. The molecule has 1 aliphatic heterocycles. The van der Waals surface area contributed by atoms with Gasteiger partial charge >= 0.3 is 0 Å². The Morgan fingerprint density at radius 3 is 2.57 bits per heavy atom. The Labute approximate surface area is 163 Å². The molecule has 0 saturated carbocycles. The molecule has 9 nitrogen and oxygen atoms in total. The maximum Gasteiger partial charge on any atom is 0.254 e. The van der Waals surface area contributed by atoms with E-state index in [1.54, 1.807) is 4.52 Å². The molecule has 9 heteroatoms. The molecule has 0 radical (unpaired) electrons. The van der Waals surface area contributed by atoms with Crippen molar-refractivity contribution in [1.82, 2.24) is 24.8 Å². The second-order valence-corrected chi connectivity index (χ2v) is 7.11. The van der Waals surface area contributed by atoms with Crippen LogP contribution in [0.3, 0.4) is 0 Å². The van der Waals surface area contributed by atoms with Crippen molar-refractivity contribution in [3.63, 3.8) is 0 Å². The van der Waals surface area contributed by atoms with Crippen molar-refractivity contribution in [2.75, 3.05) is 19.6 Å². The fraction of sp³-hybridized carbons (Fsp3) is 0.526. The lowest BCUT2D eigenvalue weighted by molar-refractivity contribution is -0.130. The summed E-state index contributed by atoms with van der Waals surface area (Å²) in [4.78, 5) is 41.9. The normalized spacial score (nSPS) is 13.9. The number of carbonyl (C=O) groups is 3. The molecule has 150 valence electrons. The molecule has 2 aromatic rings. The molecule has 3 N–H and O–H groups in total. The van der Waals surface area contributed by atoms with Crippen molar-refractivity contribution in [3.05, 3.63) is 28.7 Å². The van der Waals surface area contributed by atoms with E-state index in [4.69, 9.17) is 5.73 Å². The highest BCUT2D eigenvalue weighted by Crippen LogP contribution is 2.18. The standard InChI is InChI=1S/C19H26N6O3/c1-12-14(13(2)25-19(23-12)15(11-22-25)18(20)28)5-6-16(26)21-8-7-17(27)24-9-3-4-10-24/h11H,3-10H2,1-2H3,(H2,20,28)(H,21,26). The van der Waals surface area contributed by atoms with E-state index in [1.165, 1.54) is 6.20 Å². The number of rotatable bonds is 7. The van der Waals surface area contributed by atoms with Crippen LogP contribution in [0.1, 0.15) is 53.0 Å². The lowest BCUT2D eigenvalue weighted by Crippen LogP contribution is -2.32. The molecule has 0 unspecified atom stereocenters. The van der Waals surface area contributed by atoms with Crippen LogP contribution in [0.5, 0.6) is 0 Å². The molecule has 1 saturated heterocycles. The highest BCUT2D eigenvalue weighted by Gasteiger charge is 2.19. The number of hydrogen-bond donors (Lipinski definition) is 2. The molecular formula is C19H26N6O3. The summed E-state index contributed by atoms with van der Waals surface area (Å²) in [5.74, 6) is -0.577. The SMILES string of the molecule is Cc1nc2c(C(N)=O)cnn2c(C)c1CCC(=O)NCCC(=O)N1CCCC1. The Balaban J connectivity index is 1.56. The first-order valence-corrected chi connectivity index (χ1v) is 9.56. The molecule has 1 fully saturated rings. The van der Waals surface area contributed by atoms with E-state index < -0.39 is 5.91 Å². The first kappa shape index (κ1) is 19.8. The van der Waals surface area contributed by atoms with Crippen molar-refractivity contribution in [3.8, 4) is 0 Å². The van der Waals surface area contributed by atoms with Gasteiger partial charge in [0.15, 0.2) is 5.65 Å². The van der Waals surface area contributed by atoms with E-state index in [0.29, 0.717) is 25.0 Å². The number of carbonyl (C=O) groups excluding carboxylic acids is 3. The molecule has 2 aromatic heterocycles. The number of aromatic nitrogens is 3. The second-order valence-electron chi connectivity index (χ2n) is 7.11. The number of nitrogens with zero attached hydrogens (tertiary/aromatic N) is 4. The molecule has 0 aromatic carbocycles. The molecule has 28 heavy (non-hydrogen) atoms. The largest absolute Gasteiger partial charge is 0.365 e. The van der Waals surface area contributed by atoms with Crippen LogP contribution in [0.2, 0.25) is 0 Å². The Kier molecular flexibility index (Phi) is 5.91. The Hall–Kier alpha value is -2.97. The lowest BCUT2D eigenvalue weighted by Gasteiger charge is -2.15. The van der Waals surface area contributed by atoms with E-state index >= 15 is 0 Å². The summed E-state index contributed by atoms with van der Waals surface area (Å²) >= 11 is 0. The summed E-state index contributed by atoms with van der Waals surface area (Å²) in [6, 6.07) is 0. The zero-order chi connectivity index (χ0) is 20.3. The first-order valence-electron chi connectivity index (χ1n) is 9.56. The van der Waals surface area contributed by atoms with Gasteiger partial charge in [0.25, 0.3) is 5.91 Å². The maximum atomic E-state index is 12.2. The summed E-state index contributed by atoms with van der Waals surface area (Å²) in [6.07, 6.45) is 4.65. The topological polar surface area (TPSA) is 123 Å². The van der Waals surface area contributed by atoms with Gasteiger partial charge in [0, 0.05) is 43.9 Å². The minimum Gasteiger partial charge on any atom is -0.365 e. The van der Waals surface area contributed by atoms with Gasteiger partial charge in [-0.25, -0.2) is 9.50 Å². The summed E-state index contributed by atoms with van der Waals surface area (Å²) in [5, 5.41) is 7.00. The van der Waals surface area contributed by atoms with Crippen molar-refractivity contribution < 1.29 is 14.4 Å². The molecule has 0 bridgehead atoms. The average Bonchev–Trinajstić information content (AvgIpc) is 3.31.